The molecule has 0 bridgehead atoms. The van der Waals surface area contributed by atoms with Crippen molar-refractivity contribution in [3.05, 3.63) is 96.1 Å². The first kappa shape index (κ1) is 19.9. The van der Waals surface area contributed by atoms with Crippen LogP contribution >= 0.6 is 0 Å². The summed E-state index contributed by atoms with van der Waals surface area (Å²) >= 11 is 0. The topological polar surface area (TPSA) is 40.6 Å². The van der Waals surface area contributed by atoms with Gasteiger partial charge < -0.3 is 9.80 Å². The van der Waals surface area contributed by atoms with Crippen LogP contribution in [0.1, 0.15) is 15.9 Å². The zero-order valence-corrected chi connectivity index (χ0v) is 17.2. The van der Waals surface area contributed by atoms with E-state index in [0.717, 1.165) is 16.7 Å². The van der Waals surface area contributed by atoms with Gasteiger partial charge in [-0.3, -0.25) is 9.59 Å². The summed E-state index contributed by atoms with van der Waals surface area (Å²) in [5.41, 5.74) is 4.07. The Bertz CT molecular complexity index is 1020. The Labute approximate surface area is 177 Å². The van der Waals surface area contributed by atoms with Gasteiger partial charge in [-0.05, 0) is 35.2 Å². The van der Waals surface area contributed by atoms with Gasteiger partial charge in [0.2, 0.25) is 5.91 Å². The molecule has 0 aromatic heterocycles. The monoisotopic (exact) mass is 398 g/mol. The third-order valence-corrected chi connectivity index (χ3v) is 5.75. The van der Waals surface area contributed by atoms with E-state index < -0.39 is 0 Å². The number of nitrogens with zero attached hydrogens (tertiary/aromatic N) is 2. The van der Waals surface area contributed by atoms with Crippen molar-refractivity contribution in [2.75, 3.05) is 26.7 Å². The molecule has 1 aliphatic rings. The summed E-state index contributed by atoms with van der Waals surface area (Å²) in [5, 5.41) is 0. The minimum absolute atomic E-state index is 0.0138. The lowest BCUT2D eigenvalue weighted by Gasteiger charge is -2.24. The second-order valence-electron chi connectivity index (χ2n) is 7.80. The third-order valence-electron chi connectivity index (χ3n) is 5.75. The third kappa shape index (κ3) is 4.28. The highest BCUT2D eigenvalue weighted by Gasteiger charge is 2.31. The van der Waals surface area contributed by atoms with Gasteiger partial charge in [0.05, 0.1) is 5.92 Å². The predicted molar refractivity (Wildman–Crippen MR) is 119 cm³/mol. The first-order valence-corrected chi connectivity index (χ1v) is 10.4. The van der Waals surface area contributed by atoms with Crippen LogP contribution in [0.3, 0.4) is 0 Å². The van der Waals surface area contributed by atoms with Gasteiger partial charge in [-0.25, -0.2) is 0 Å². The van der Waals surface area contributed by atoms with E-state index in [1.807, 2.05) is 72.6 Å². The molecular weight excluding hydrogens is 372 g/mol. The molecule has 3 aromatic rings. The van der Waals surface area contributed by atoms with Crippen LogP contribution in [0.5, 0.6) is 0 Å². The Kier molecular flexibility index (Phi) is 5.94. The van der Waals surface area contributed by atoms with Crippen LogP contribution in [-0.4, -0.2) is 48.3 Å². The molecule has 1 aliphatic heterocycles. The normalized spacial score (nSPS) is 17.0. The van der Waals surface area contributed by atoms with Gasteiger partial charge in [-0.2, -0.15) is 0 Å². The number of hydrogen-bond acceptors (Lipinski definition) is 2. The molecule has 0 N–H and O–H groups in total. The second kappa shape index (κ2) is 8.95. The summed E-state index contributed by atoms with van der Waals surface area (Å²) in [7, 11) is 1.83. The Hall–Kier alpha value is -3.40. The summed E-state index contributed by atoms with van der Waals surface area (Å²) in [6, 6.07) is 27.8. The fourth-order valence-electron chi connectivity index (χ4n) is 4.09. The first-order valence-electron chi connectivity index (χ1n) is 10.4. The lowest BCUT2D eigenvalue weighted by Crippen LogP contribution is -2.37. The summed E-state index contributed by atoms with van der Waals surface area (Å²) < 4.78 is 0. The Morgan fingerprint density at radius 3 is 2.23 bits per heavy atom. The van der Waals surface area contributed by atoms with Gasteiger partial charge >= 0.3 is 0 Å². The van der Waals surface area contributed by atoms with Crippen LogP contribution in [0.4, 0.5) is 0 Å². The molecule has 0 radical (unpaired) electrons. The van der Waals surface area contributed by atoms with Crippen LogP contribution in [-0.2, 0) is 11.2 Å². The molecule has 0 saturated carbocycles. The zero-order chi connectivity index (χ0) is 20.9. The summed E-state index contributed by atoms with van der Waals surface area (Å²) in [5.74, 6) is -0.184. The average molecular weight is 399 g/mol. The van der Waals surface area contributed by atoms with Crippen molar-refractivity contribution in [2.45, 2.75) is 6.42 Å². The van der Waals surface area contributed by atoms with E-state index in [-0.39, 0.29) is 17.7 Å². The van der Waals surface area contributed by atoms with E-state index >= 15 is 0 Å². The molecule has 2 amide bonds. The van der Waals surface area contributed by atoms with Crippen molar-refractivity contribution in [1.82, 2.24) is 9.80 Å². The lowest BCUT2D eigenvalue weighted by atomic mass is 9.91. The van der Waals surface area contributed by atoms with E-state index in [9.17, 15) is 9.59 Å². The smallest absolute Gasteiger partial charge is 0.253 e. The van der Waals surface area contributed by atoms with Crippen molar-refractivity contribution >= 4 is 11.8 Å². The van der Waals surface area contributed by atoms with E-state index in [4.69, 9.17) is 0 Å². The molecule has 30 heavy (non-hydrogen) atoms. The number of hydrogen-bond donors (Lipinski definition) is 0. The fraction of sp³-hybridized carbons (Fsp3) is 0.231. The van der Waals surface area contributed by atoms with Crippen molar-refractivity contribution in [1.29, 1.82) is 0 Å². The average Bonchev–Trinajstić information content (AvgIpc) is 2.94. The van der Waals surface area contributed by atoms with Crippen molar-refractivity contribution < 1.29 is 9.59 Å². The number of likely N-dealkylation sites (N-methyl/N-ethyl adjacent to an activating group) is 1. The standard InChI is InChI=1S/C26H26N2O2/c1-27-16-17-28(26(30)21-12-6-3-7-13-21)19-23(25(27)29)18-22-14-8-9-15-24(22)20-10-4-2-5-11-20/h2-15,23H,16-19H2,1H3. The molecule has 152 valence electrons. The van der Waals surface area contributed by atoms with Crippen molar-refractivity contribution in [3.63, 3.8) is 0 Å². The Morgan fingerprint density at radius 2 is 1.50 bits per heavy atom. The maximum atomic E-state index is 13.1. The molecule has 1 heterocycles. The minimum atomic E-state index is -0.268. The molecule has 1 unspecified atom stereocenters. The van der Waals surface area contributed by atoms with E-state index in [0.29, 0.717) is 31.6 Å². The number of amides is 2. The Balaban J connectivity index is 1.61. The van der Waals surface area contributed by atoms with Crippen LogP contribution in [0, 0.1) is 5.92 Å². The zero-order valence-electron chi connectivity index (χ0n) is 17.2. The summed E-state index contributed by atoms with van der Waals surface area (Å²) in [6.45, 7) is 1.53. The molecule has 3 aromatic carbocycles. The molecule has 4 rings (SSSR count). The van der Waals surface area contributed by atoms with Crippen molar-refractivity contribution in [3.8, 4) is 11.1 Å². The summed E-state index contributed by atoms with van der Waals surface area (Å²) in [6.07, 6.45) is 0.604. The van der Waals surface area contributed by atoms with Crippen LogP contribution < -0.4 is 0 Å². The highest BCUT2D eigenvalue weighted by molar-refractivity contribution is 5.95. The molecule has 1 saturated heterocycles. The fourth-order valence-corrected chi connectivity index (χ4v) is 4.09. The number of carbonyl (C=O) groups is 2. The van der Waals surface area contributed by atoms with Gasteiger partial charge in [0.15, 0.2) is 0 Å². The summed E-state index contributed by atoms with van der Waals surface area (Å²) in [4.78, 5) is 29.7. The SMILES string of the molecule is CN1CCN(C(=O)c2ccccc2)CC(Cc2ccccc2-c2ccccc2)C1=O. The van der Waals surface area contributed by atoms with Gasteiger partial charge in [0, 0.05) is 32.2 Å². The molecule has 1 atom stereocenters. The molecule has 4 heteroatoms. The first-order chi connectivity index (χ1) is 14.6. The second-order valence-corrected chi connectivity index (χ2v) is 7.80. The van der Waals surface area contributed by atoms with Gasteiger partial charge in [-0.15, -0.1) is 0 Å². The van der Waals surface area contributed by atoms with Crippen LogP contribution in [0.2, 0.25) is 0 Å². The van der Waals surface area contributed by atoms with Gasteiger partial charge in [0.25, 0.3) is 5.91 Å². The molecule has 0 aliphatic carbocycles. The Morgan fingerprint density at radius 1 is 0.867 bits per heavy atom. The minimum Gasteiger partial charge on any atom is -0.344 e. The maximum Gasteiger partial charge on any atom is 0.253 e. The van der Waals surface area contributed by atoms with Gasteiger partial charge in [0.1, 0.15) is 0 Å². The number of rotatable bonds is 4. The number of carbonyl (C=O) groups excluding carboxylic acids is 2. The van der Waals surface area contributed by atoms with Crippen LogP contribution in [0.15, 0.2) is 84.9 Å². The lowest BCUT2D eigenvalue weighted by molar-refractivity contribution is -0.133. The highest BCUT2D eigenvalue weighted by atomic mass is 16.2. The maximum absolute atomic E-state index is 13.1. The van der Waals surface area contributed by atoms with E-state index in [1.54, 1.807) is 4.90 Å². The predicted octanol–water partition coefficient (Wildman–Crippen LogP) is 4.13. The molecule has 1 fully saturated rings. The largest absolute Gasteiger partial charge is 0.344 e. The van der Waals surface area contributed by atoms with E-state index in [2.05, 4.69) is 24.3 Å². The van der Waals surface area contributed by atoms with Gasteiger partial charge in [-0.1, -0.05) is 72.8 Å². The quantitative estimate of drug-likeness (QED) is 0.663. The number of benzene rings is 3. The van der Waals surface area contributed by atoms with Crippen LogP contribution in [0.25, 0.3) is 11.1 Å². The molecule has 0 spiro atoms. The molecular formula is C26H26N2O2. The molecule has 4 nitrogen and oxygen atoms in total. The van der Waals surface area contributed by atoms with Crippen molar-refractivity contribution in [2.24, 2.45) is 5.92 Å². The van der Waals surface area contributed by atoms with E-state index in [1.165, 1.54) is 0 Å². The highest BCUT2D eigenvalue weighted by Crippen LogP contribution is 2.27.